The highest BCUT2D eigenvalue weighted by Crippen LogP contribution is 2.23. The van der Waals surface area contributed by atoms with Gasteiger partial charge in [0.2, 0.25) is 0 Å². The zero-order valence-corrected chi connectivity index (χ0v) is 12.9. The van der Waals surface area contributed by atoms with Crippen LogP contribution in [0.4, 0.5) is 5.69 Å². The number of carbonyl (C=O) groups excluding carboxylic acids is 1. The molecule has 0 saturated carbocycles. The fourth-order valence-corrected chi connectivity index (χ4v) is 2.43. The SMILES string of the molecule is Cc1ccc(N(C)Cc2cc(C(=O)NN)oc2C)c(C)c1. The molecule has 21 heavy (non-hydrogen) atoms. The van der Waals surface area contributed by atoms with E-state index >= 15 is 0 Å². The lowest BCUT2D eigenvalue weighted by Gasteiger charge is -2.21. The molecule has 0 saturated heterocycles. The second kappa shape index (κ2) is 6.01. The predicted molar refractivity (Wildman–Crippen MR) is 83.1 cm³/mol. The average molecular weight is 287 g/mol. The van der Waals surface area contributed by atoms with Crippen LogP contribution >= 0.6 is 0 Å². The number of nitrogen functional groups attached to an aromatic ring is 1. The third-order valence-electron chi connectivity index (χ3n) is 3.55. The van der Waals surface area contributed by atoms with E-state index in [9.17, 15) is 4.79 Å². The van der Waals surface area contributed by atoms with Gasteiger partial charge in [-0.15, -0.1) is 0 Å². The molecular weight excluding hydrogens is 266 g/mol. The maximum absolute atomic E-state index is 11.5. The van der Waals surface area contributed by atoms with Crippen molar-refractivity contribution in [2.24, 2.45) is 5.84 Å². The molecule has 0 bridgehead atoms. The van der Waals surface area contributed by atoms with Gasteiger partial charge >= 0.3 is 5.91 Å². The lowest BCUT2D eigenvalue weighted by Crippen LogP contribution is -2.29. The first-order valence-corrected chi connectivity index (χ1v) is 6.81. The summed E-state index contributed by atoms with van der Waals surface area (Å²) in [5, 5.41) is 0. The van der Waals surface area contributed by atoms with Crippen molar-refractivity contribution in [3.05, 3.63) is 52.5 Å². The third-order valence-corrected chi connectivity index (χ3v) is 3.55. The van der Waals surface area contributed by atoms with Crippen molar-refractivity contribution in [3.63, 3.8) is 0 Å². The van der Waals surface area contributed by atoms with Crippen molar-refractivity contribution < 1.29 is 9.21 Å². The Bertz CT molecular complexity index is 662. The Hall–Kier alpha value is -2.27. The number of hydrogen-bond acceptors (Lipinski definition) is 4. The van der Waals surface area contributed by atoms with Gasteiger partial charge in [-0.25, -0.2) is 5.84 Å². The van der Waals surface area contributed by atoms with Gasteiger partial charge in [-0.1, -0.05) is 17.7 Å². The Morgan fingerprint density at radius 1 is 1.29 bits per heavy atom. The number of furan rings is 1. The van der Waals surface area contributed by atoms with Crippen molar-refractivity contribution in [2.45, 2.75) is 27.3 Å². The van der Waals surface area contributed by atoms with E-state index in [2.05, 4.69) is 42.4 Å². The van der Waals surface area contributed by atoms with Crippen LogP contribution in [-0.4, -0.2) is 13.0 Å². The highest BCUT2D eigenvalue weighted by molar-refractivity contribution is 5.91. The standard InChI is InChI=1S/C16H21N3O2/c1-10-5-6-14(11(2)7-10)19(4)9-13-8-15(16(20)18-17)21-12(13)3/h5-8H,9,17H2,1-4H3,(H,18,20). The molecule has 0 aliphatic heterocycles. The number of rotatable bonds is 4. The van der Waals surface area contributed by atoms with E-state index in [0.717, 1.165) is 17.0 Å². The Labute approximate surface area is 124 Å². The van der Waals surface area contributed by atoms with E-state index in [1.165, 1.54) is 11.1 Å². The number of anilines is 1. The zero-order chi connectivity index (χ0) is 15.6. The molecule has 1 aromatic heterocycles. The molecule has 0 aliphatic rings. The summed E-state index contributed by atoms with van der Waals surface area (Å²) in [7, 11) is 2.02. The molecule has 0 fully saturated rings. The van der Waals surface area contributed by atoms with E-state index in [-0.39, 0.29) is 5.76 Å². The van der Waals surface area contributed by atoms with E-state index in [1.807, 2.05) is 14.0 Å². The lowest BCUT2D eigenvalue weighted by atomic mass is 10.1. The van der Waals surface area contributed by atoms with Crippen LogP contribution in [0.15, 0.2) is 28.7 Å². The van der Waals surface area contributed by atoms with Gasteiger partial charge in [-0.05, 0) is 38.5 Å². The fourth-order valence-electron chi connectivity index (χ4n) is 2.43. The van der Waals surface area contributed by atoms with Gasteiger partial charge in [0.05, 0.1) is 0 Å². The largest absolute Gasteiger partial charge is 0.456 e. The monoisotopic (exact) mass is 287 g/mol. The maximum atomic E-state index is 11.5. The highest BCUT2D eigenvalue weighted by atomic mass is 16.4. The number of nitrogens with one attached hydrogen (secondary N) is 1. The molecule has 5 nitrogen and oxygen atoms in total. The molecule has 0 radical (unpaired) electrons. The van der Waals surface area contributed by atoms with Gasteiger partial charge in [0.1, 0.15) is 5.76 Å². The number of nitrogens with two attached hydrogens (primary N) is 1. The molecule has 2 aromatic rings. The first-order valence-electron chi connectivity index (χ1n) is 6.81. The van der Waals surface area contributed by atoms with Crippen molar-refractivity contribution in [1.29, 1.82) is 0 Å². The minimum absolute atomic E-state index is 0.235. The van der Waals surface area contributed by atoms with Crippen LogP contribution in [0.3, 0.4) is 0 Å². The third kappa shape index (κ3) is 3.25. The van der Waals surface area contributed by atoms with Gasteiger partial charge < -0.3 is 9.32 Å². The minimum atomic E-state index is -0.418. The van der Waals surface area contributed by atoms with Crippen LogP contribution in [0.5, 0.6) is 0 Å². The van der Waals surface area contributed by atoms with Gasteiger partial charge in [-0.3, -0.25) is 10.2 Å². The van der Waals surface area contributed by atoms with E-state index < -0.39 is 5.91 Å². The molecule has 0 atom stereocenters. The molecule has 5 heteroatoms. The molecule has 2 rings (SSSR count). The Morgan fingerprint density at radius 3 is 2.62 bits per heavy atom. The number of benzene rings is 1. The first-order chi connectivity index (χ1) is 9.92. The summed E-state index contributed by atoms with van der Waals surface area (Å²) < 4.78 is 5.43. The summed E-state index contributed by atoms with van der Waals surface area (Å²) in [6.45, 7) is 6.68. The van der Waals surface area contributed by atoms with E-state index in [0.29, 0.717) is 6.54 Å². The highest BCUT2D eigenvalue weighted by Gasteiger charge is 2.15. The summed E-state index contributed by atoms with van der Waals surface area (Å²) in [6.07, 6.45) is 0. The normalized spacial score (nSPS) is 10.5. The van der Waals surface area contributed by atoms with Crippen LogP contribution in [0.25, 0.3) is 0 Å². The summed E-state index contributed by atoms with van der Waals surface area (Å²) >= 11 is 0. The Kier molecular flexibility index (Phi) is 4.33. The smallest absolute Gasteiger partial charge is 0.300 e. The fraction of sp³-hybridized carbons (Fsp3) is 0.312. The van der Waals surface area contributed by atoms with E-state index in [1.54, 1.807) is 6.07 Å². The molecule has 1 amide bonds. The van der Waals surface area contributed by atoms with Crippen LogP contribution < -0.4 is 16.2 Å². The molecular formula is C16H21N3O2. The summed E-state index contributed by atoms with van der Waals surface area (Å²) in [5.41, 5.74) is 6.67. The number of hydrazine groups is 1. The quantitative estimate of drug-likeness (QED) is 0.515. The van der Waals surface area contributed by atoms with Gasteiger partial charge in [0.25, 0.3) is 0 Å². The average Bonchev–Trinajstić information content (AvgIpc) is 2.79. The number of amides is 1. The summed E-state index contributed by atoms with van der Waals surface area (Å²) in [5.74, 6) is 5.66. The molecule has 0 aliphatic carbocycles. The van der Waals surface area contributed by atoms with Gasteiger partial charge in [-0.2, -0.15) is 0 Å². The Balaban J connectivity index is 2.21. The zero-order valence-electron chi connectivity index (χ0n) is 12.9. The van der Waals surface area contributed by atoms with Gasteiger partial charge in [0, 0.05) is 24.8 Å². The van der Waals surface area contributed by atoms with Gasteiger partial charge in [0.15, 0.2) is 5.76 Å². The van der Waals surface area contributed by atoms with E-state index in [4.69, 9.17) is 10.3 Å². The number of hydrogen-bond donors (Lipinski definition) is 2. The summed E-state index contributed by atoms with van der Waals surface area (Å²) in [4.78, 5) is 13.6. The second-order valence-electron chi connectivity index (χ2n) is 5.31. The first kappa shape index (κ1) is 15.1. The van der Waals surface area contributed by atoms with Crippen LogP contribution in [0.1, 0.15) is 33.0 Å². The predicted octanol–water partition coefficient (Wildman–Crippen LogP) is 2.44. The number of nitrogens with zero attached hydrogens (tertiary/aromatic N) is 1. The van der Waals surface area contributed by atoms with Crippen LogP contribution in [-0.2, 0) is 6.54 Å². The molecule has 112 valence electrons. The molecule has 3 N–H and O–H groups in total. The molecule has 0 spiro atoms. The molecule has 0 unspecified atom stereocenters. The lowest BCUT2D eigenvalue weighted by molar-refractivity contribution is 0.0924. The van der Waals surface area contributed by atoms with Crippen molar-refractivity contribution >= 4 is 11.6 Å². The summed E-state index contributed by atoms with van der Waals surface area (Å²) in [6, 6.07) is 8.08. The molecule has 1 aromatic carbocycles. The number of carbonyl (C=O) groups is 1. The van der Waals surface area contributed by atoms with Crippen molar-refractivity contribution in [2.75, 3.05) is 11.9 Å². The van der Waals surface area contributed by atoms with Crippen molar-refractivity contribution in [1.82, 2.24) is 5.43 Å². The minimum Gasteiger partial charge on any atom is -0.456 e. The van der Waals surface area contributed by atoms with Crippen LogP contribution in [0, 0.1) is 20.8 Å². The molecule has 1 heterocycles. The topological polar surface area (TPSA) is 71.5 Å². The number of aryl methyl sites for hydroxylation is 3. The maximum Gasteiger partial charge on any atom is 0.300 e. The Morgan fingerprint density at radius 2 is 2.00 bits per heavy atom. The van der Waals surface area contributed by atoms with Crippen molar-refractivity contribution in [3.8, 4) is 0 Å². The van der Waals surface area contributed by atoms with Crippen LogP contribution in [0.2, 0.25) is 0 Å². The second-order valence-corrected chi connectivity index (χ2v) is 5.31.